The highest BCUT2D eigenvalue weighted by atomic mass is 16.1. The molecule has 0 spiro atoms. The lowest BCUT2D eigenvalue weighted by Crippen LogP contribution is -2.49. The predicted molar refractivity (Wildman–Crippen MR) is 75.1 cm³/mol. The van der Waals surface area contributed by atoms with Crippen molar-refractivity contribution in [3.63, 3.8) is 0 Å². The molecule has 1 aliphatic rings. The fourth-order valence-corrected chi connectivity index (χ4v) is 2.23. The van der Waals surface area contributed by atoms with Gasteiger partial charge in [-0.05, 0) is 64.5 Å². The summed E-state index contributed by atoms with van der Waals surface area (Å²) in [5.74, 6) is 0.549. The molecule has 4 nitrogen and oxygen atoms in total. The predicted octanol–water partition coefficient (Wildman–Crippen LogP) is 1.48. The minimum absolute atomic E-state index is 0.397. The first-order chi connectivity index (χ1) is 8.45. The van der Waals surface area contributed by atoms with Crippen molar-refractivity contribution in [3.05, 3.63) is 0 Å². The molecule has 1 atom stereocenters. The van der Waals surface area contributed by atoms with Crippen LogP contribution in [-0.4, -0.2) is 36.0 Å². The molecule has 1 rings (SSSR count). The van der Waals surface area contributed by atoms with Gasteiger partial charge in [-0.15, -0.1) is 0 Å². The molecule has 0 heterocycles. The molecule has 1 amide bonds. The summed E-state index contributed by atoms with van der Waals surface area (Å²) in [5.41, 5.74) is 10.3. The molecule has 1 unspecified atom stereocenters. The van der Waals surface area contributed by atoms with Crippen LogP contribution >= 0.6 is 0 Å². The number of hydrogen-bond donors (Lipinski definition) is 2. The van der Waals surface area contributed by atoms with Crippen molar-refractivity contribution >= 4 is 5.91 Å². The third-order valence-electron chi connectivity index (χ3n) is 3.74. The molecule has 0 aliphatic heterocycles. The van der Waals surface area contributed by atoms with E-state index in [1.165, 1.54) is 32.4 Å². The number of rotatable bonds is 10. The van der Waals surface area contributed by atoms with Crippen molar-refractivity contribution in [3.8, 4) is 0 Å². The number of hydrogen-bond acceptors (Lipinski definition) is 3. The van der Waals surface area contributed by atoms with Crippen LogP contribution in [0, 0.1) is 5.92 Å². The van der Waals surface area contributed by atoms with Crippen molar-refractivity contribution in [1.29, 1.82) is 0 Å². The Morgan fingerprint density at radius 1 is 1.33 bits per heavy atom. The summed E-state index contributed by atoms with van der Waals surface area (Å²) in [6.07, 6.45) is 6.79. The van der Waals surface area contributed by atoms with Crippen LogP contribution in [0.4, 0.5) is 0 Å². The fraction of sp³-hybridized carbons (Fsp3) is 0.929. The minimum atomic E-state index is -0.841. The first-order valence-electron chi connectivity index (χ1n) is 7.27. The Kier molecular flexibility index (Phi) is 6.09. The molecular formula is C14H29N3O. The van der Waals surface area contributed by atoms with E-state index in [1.54, 1.807) is 6.92 Å². The maximum absolute atomic E-state index is 11.1. The molecule has 1 saturated carbocycles. The molecule has 1 fully saturated rings. The van der Waals surface area contributed by atoms with Crippen molar-refractivity contribution in [1.82, 2.24) is 4.90 Å². The second kappa shape index (κ2) is 7.10. The molecule has 4 heteroatoms. The number of carbonyl (C=O) groups is 1. The van der Waals surface area contributed by atoms with E-state index < -0.39 is 11.4 Å². The zero-order chi connectivity index (χ0) is 13.6. The number of unbranched alkanes of at least 4 members (excludes halogenated alkanes) is 1. The number of nitrogens with two attached hydrogens (primary N) is 2. The van der Waals surface area contributed by atoms with E-state index in [0.717, 1.165) is 25.3 Å². The quantitative estimate of drug-likeness (QED) is 0.581. The summed E-state index contributed by atoms with van der Waals surface area (Å²) >= 11 is 0. The van der Waals surface area contributed by atoms with Crippen LogP contribution in [0.15, 0.2) is 0 Å². The van der Waals surface area contributed by atoms with Crippen molar-refractivity contribution in [2.75, 3.05) is 19.6 Å². The van der Waals surface area contributed by atoms with Gasteiger partial charge in [0.05, 0.1) is 5.54 Å². The summed E-state index contributed by atoms with van der Waals surface area (Å²) in [4.78, 5) is 13.6. The van der Waals surface area contributed by atoms with Crippen molar-refractivity contribution in [2.24, 2.45) is 17.4 Å². The lowest BCUT2D eigenvalue weighted by Gasteiger charge is -2.23. The van der Waals surface area contributed by atoms with Gasteiger partial charge in [-0.3, -0.25) is 4.79 Å². The second-order valence-electron chi connectivity index (χ2n) is 5.98. The first-order valence-corrected chi connectivity index (χ1v) is 7.27. The molecule has 0 aromatic carbocycles. The van der Waals surface area contributed by atoms with Gasteiger partial charge >= 0.3 is 0 Å². The van der Waals surface area contributed by atoms with E-state index >= 15 is 0 Å². The normalized spacial score (nSPS) is 18.9. The van der Waals surface area contributed by atoms with E-state index in [-0.39, 0.29) is 0 Å². The van der Waals surface area contributed by atoms with Gasteiger partial charge in [0.25, 0.3) is 0 Å². The van der Waals surface area contributed by atoms with Crippen LogP contribution in [0.5, 0.6) is 0 Å². The molecule has 1 aliphatic carbocycles. The minimum Gasteiger partial charge on any atom is -0.368 e. The number of carbonyl (C=O) groups excluding carboxylic acids is 1. The average molecular weight is 255 g/mol. The third kappa shape index (κ3) is 5.83. The van der Waals surface area contributed by atoms with E-state index in [2.05, 4.69) is 11.8 Å². The molecule has 106 valence electrons. The monoisotopic (exact) mass is 255 g/mol. The average Bonchev–Trinajstić information content (AvgIpc) is 3.08. The number of primary amides is 1. The van der Waals surface area contributed by atoms with Crippen LogP contribution in [0.1, 0.15) is 52.4 Å². The van der Waals surface area contributed by atoms with Crippen LogP contribution in [0.3, 0.4) is 0 Å². The highest BCUT2D eigenvalue weighted by Gasteiger charge is 2.25. The molecule has 0 saturated heterocycles. The largest absolute Gasteiger partial charge is 0.368 e. The van der Waals surface area contributed by atoms with Crippen LogP contribution < -0.4 is 11.5 Å². The second-order valence-corrected chi connectivity index (χ2v) is 5.98. The summed E-state index contributed by atoms with van der Waals surface area (Å²) in [7, 11) is 0. The number of nitrogens with zero attached hydrogens (tertiary/aromatic N) is 1. The smallest absolute Gasteiger partial charge is 0.237 e. The molecule has 0 bridgehead atoms. The zero-order valence-electron chi connectivity index (χ0n) is 12.0. The number of amides is 1. The zero-order valence-corrected chi connectivity index (χ0v) is 12.0. The van der Waals surface area contributed by atoms with Crippen LogP contribution in [-0.2, 0) is 4.79 Å². The molecule has 4 N–H and O–H groups in total. The SMILES string of the molecule is CCCN(CCCCC(C)(N)C(N)=O)CC1CC1. The molecule has 0 aromatic heterocycles. The van der Waals surface area contributed by atoms with Crippen LogP contribution in [0.2, 0.25) is 0 Å². The highest BCUT2D eigenvalue weighted by Crippen LogP contribution is 2.29. The van der Waals surface area contributed by atoms with E-state index in [1.807, 2.05) is 0 Å². The van der Waals surface area contributed by atoms with Gasteiger partial charge in [-0.25, -0.2) is 0 Å². The maximum Gasteiger partial charge on any atom is 0.237 e. The van der Waals surface area contributed by atoms with Gasteiger partial charge in [0.2, 0.25) is 5.91 Å². The van der Waals surface area contributed by atoms with Gasteiger partial charge in [-0.2, -0.15) is 0 Å². The van der Waals surface area contributed by atoms with Gasteiger partial charge in [0, 0.05) is 6.54 Å². The first kappa shape index (κ1) is 15.4. The topological polar surface area (TPSA) is 72.3 Å². The molecule has 0 aromatic rings. The Balaban J connectivity index is 2.15. The fourth-order valence-electron chi connectivity index (χ4n) is 2.23. The van der Waals surface area contributed by atoms with Crippen molar-refractivity contribution in [2.45, 2.75) is 57.9 Å². The highest BCUT2D eigenvalue weighted by molar-refractivity contribution is 5.83. The lowest BCUT2D eigenvalue weighted by molar-refractivity contribution is -0.122. The molecule has 0 radical (unpaired) electrons. The van der Waals surface area contributed by atoms with Gasteiger partial charge in [0.1, 0.15) is 0 Å². The Hall–Kier alpha value is -0.610. The Morgan fingerprint density at radius 2 is 2.00 bits per heavy atom. The summed E-state index contributed by atoms with van der Waals surface area (Å²) in [6.45, 7) is 7.52. The van der Waals surface area contributed by atoms with E-state index in [0.29, 0.717) is 6.42 Å². The standard InChI is InChI=1S/C14H29N3O/c1-3-9-17(11-12-6-7-12)10-5-4-8-14(2,16)13(15)18/h12H,3-11,16H2,1-2H3,(H2,15,18). The lowest BCUT2D eigenvalue weighted by atomic mass is 9.95. The van der Waals surface area contributed by atoms with Gasteiger partial charge < -0.3 is 16.4 Å². The molecule has 18 heavy (non-hydrogen) atoms. The van der Waals surface area contributed by atoms with Crippen molar-refractivity contribution < 1.29 is 4.79 Å². The van der Waals surface area contributed by atoms with Gasteiger partial charge in [-0.1, -0.05) is 6.92 Å². The van der Waals surface area contributed by atoms with Crippen LogP contribution in [0.25, 0.3) is 0 Å². The maximum atomic E-state index is 11.1. The summed E-state index contributed by atoms with van der Waals surface area (Å²) < 4.78 is 0. The Morgan fingerprint density at radius 3 is 2.50 bits per heavy atom. The Bertz CT molecular complexity index is 262. The van der Waals surface area contributed by atoms with E-state index in [4.69, 9.17) is 11.5 Å². The van der Waals surface area contributed by atoms with Gasteiger partial charge in [0.15, 0.2) is 0 Å². The Labute approximate surface area is 111 Å². The van der Waals surface area contributed by atoms with E-state index in [9.17, 15) is 4.79 Å². The third-order valence-corrected chi connectivity index (χ3v) is 3.74. The molecular weight excluding hydrogens is 226 g/mol. The summed E-state index contributed by atoms with van der Waals surface area (Å²) in [5, 5.41) is 0. The summed E-state index contributed by atoms with van der Waals surface area (Å²) in [6, 6.07) is 0.